The summed E-state index contributed by atoms with van der Waals surface area (Å²) in [5, 5.41) is 11.6. The van der Waals surface area contributed by atoms with Crippen LogP contribution in [0.2, 0.25) is 0 Å². The fraction of sp³-hybridized carbons (Fsp3) is 0.0625. The third-order valence-electron chi connectivity index (χ3n) is 2.82. The van der Waals surface area contributed by atoms with Crippen LogP contribution in [0.1, 0.15) is 11.5 Å². The first-order chi connectivity index (χ1) is 10.8. The molecule has 0 fully saturated rings. The number of aromatic nitrogens is 2. The molecule has 22 heavy (non-hydrogen) atoms. The Labute approximate surface area is 126 Å². The maximum atomic E-state index is 12.9. The van der Waals surface area contributed by atoms with Crippen LogP contribution in [0, 0.1) is 5.82 Å². The second-order valence-electron chi connectivity index (χ2n) is 4.43. The Kier molecular flexibility index (Phi) is 4.20. The summed E-state index contributed by atoms with van der Waals surface area (Å²) >= 11 is 0. The molecule has 0 radical (unpaired) electrons. The summed E-state index contributed by atoms with van der Waals surface area (Å²) in [4.78, 5) is 5.11. The lowest BCUT2D eigenvalue weighted by Crippen LogP contribution is -1.88. The molecule has 0 aliphatic heterocycles. The number of benzene rings is 2. The van der Waals surface area contributed by atoms with E-state index in [1.807, 2.05) is 30.3 Å². The quantitative estimate of drug-likeness (QED) is 0.535. The monoisotopic (exact) mass is 297 g/mol. The normalized spacial score (nSPS) is 11.0. The molecule has 2 aromatic carbocycles. The molecule has 3 rings (SSSR count). The highest BCUT2D eigenvalue weighted by Crippen LogP contribution is 2.18. The van der Waals surface area contributed by atoms with E-state index in [0.29, 0.717) is 17.3 Å². The molecule has 1 aromatic heterocycles. The number of hydrogen-bond donors (Lipinski definition) is 0. The van der Waals surface area contributed by atoms with Crippen LogP contribution >= 0.6 is 0 Å². The maximum absolute atomic E-state index is 12.9. The Morgan fingerprint density at radius 1 is 1.05 bits per heavy atom. The van der Waals surface area contributed by atoms with Gasteiger partial charge in [-0.2, -0.15) is 0 Å². The first-order valence-corrected chi connectivity index (χ1v) is 6.60. The van der Waals surface area contributed by atoms with Gasteiger partial charge >= 0.3 is 0 Å². The standard InChI is InChI=1S/C16H12FN3O2/c17-14-8-6-13(7-9-14)16-20-19-15(22-16)11-21-18-10-12-4-2-1-3-5-12/h1-10H,11H2/b18-10+. The zero-order valence-corrected chi connectivity index (χ0v) is 11.5. The fourth-order valence-corrected chi connectivity index (χ4v) is 1.75. The van der Waals surface area contributed by atoms with Gasteiger partial charge < -0.3 is 9.25 Å². The molecular formula is C16H12FN3O2. The summed E-state index contributed by atoms with van der Waals surface area (Å²) in [7, 11) is 0. The van der Waals surface area contributed by atoms with Crippen molar-refractivity contribution in [1.82, 2.24) is 10.2 Å². The Balaban J connectivity index is 1.58. The van der Waals surface area contributed by atoms with Crippen LogP contribution in [0.3, 0.4) is 0 Å². The lowest BCUT2D eigenvalue weighted by Gasteiger charge is -1.95. The summed E-state index contributed by atoms with van der Waals surface area (Å²) < 4.78 is 18.3. The van der Waals surface area contributed by atoms with E-state index in [1.165, 1.54) is 12.1 Å². The lowest BCUT2D eigenvalue weighted by atomic mass is 10.2. The minimum Gasteiger partial charge on any atom is -0.417 e. The third kappa shape index (κ3) is 3.54. The molecule has 3 aromatic rings. The molecule has 0 aliphatic carbocycles. The predicted molar refractivity (Wildman–Crippen MR) is 78.5 cm³/mol. The SMILES string of the molecule is Fc1ccc(-c2nnc(CO/N=C/c3ccccc3)o2)cc1. The van der Waals surface area contributed by atoms with Gasteiger partial charge in [-0.25, -0.2) is 4.39 Å². The van der Waals surface area contributed by atoms with Crippen molar-refractivity contribution in [2.75, 3.05) is 0 Å². The van der Waals surface area contributed by atoms with Gasteiger partial charge in [-0.1, -0.05) is 35.5 Å². The van der Waals surface area contributed by atoms with Gasteiger partial charge in [-0.15, -0.1) is 10.2 Å². The smallest absolute Gasteiger partial charge is 0.257 e. The van der Waals surface area contributed by atoms with E-state index in [2.05, 4.69) is 15.4 Å². The number of oxime groups is 1. The Morgan fingerprint density at radius 3 is 2.59 bits per heavy atom. The molecule has 110 valence electrons. The fourth-order valence-electron chi connectivity index (χ4n) is 1.75. The zero-order chi connectivity index (χ0) is 15.2. The van der Waals surface area contributed by atoms with Gasteiger partial charge in [0.1, 0.15) is 5.82 Å². The third-order valence-corrected chi connectivity index (χ3v) is 2.82. The number of rotatable bonds is 5. The minimum atomic E-state index is -0.318. The largest absolute Gasteiger partial charge is 0.417 e. The van der Waals surface area contributed by atoms with Crippen LogP contribution in [-0.4, -0.2) is 16.4 Å². The average molecular weight is 297 g/mol. The summed E-state index contributed by atoms with van der Waals surface area (Å²) in [5.41, 5.74) is 1.58. The topological polar surface area (TPSA) is 60.5 Å². The Hall–Kier alpha value is -3.02. The van der Waals surface area contributed by atoms with Crippen LogP contribution in [0.4, 0.5) is 4.39 Å². The Bertz CT molecular complexity index is 755. The molecule has 0 aliphatic rings. The molecule has 6 heteroatoms. The van der Waals surface area contributed by atoms with E-state index in [1.54, 1.807) is 18.3 Å². The number of nitrogens with zero attached hydrogens (tertiary/aromatic N) is 3. The van der Waals surface area contributed by atoms with E-state index in [9.17, 15) is 4.39 Å². The number of hydrogen-bond acceptors (Lipinski definition) is 5. The van der Waals surface area contributed by atoms with E-state index in [-0.39, 0.29) is 12.4 Å². The van der Waals surface area contributed by atoms with Crippen molar-refractivity contribution >= 4 is 6.21 Å². The zero-order valence-electron chi connectivity index (χ0n) is 11.5. The van der Waals surface area contributed by atoms with Gasteiger partial charge in [0.15, 0.2) is 6.61 Å². The average Bonchev–Trinajstić information content (AvgIpc) is 3.02. The van der Waals surface area contributed by atoms with Crippen molar-refractivity contribution in [3.8, 4) is 11.5 Å². The van der Waals surface area contributed by atoms with E-state index in [0.717, 1.165) is 5.56 Å². The van der Waals surface area contributed by atoms with E-state index < -0.39 is 0 Å². The summed E-state index contributed by atoms with van der Waals surface area (Å²) in [6.45, 7) is 0.0670. The van der Waals surface area contributed by atoms with Gasteiger partial charge in [0.05, 0.1) is 6.21 Å². The minimum absolute atomic E-state index is 0.0670. The molecule has 0 bridgehead atoms. The lowest BCUT2D eigenvalue weighted by molar-refractivity contribution is 0.112. The van der Waals surface area contributed by atoms with Crippen LogP contribution in [-0.2, 0) is 11.4 Å². The molecule has 0 spiro atoms. The Morgan fingerprint density at radius 2 is 1.82 bits per heavy atom. The molecule has 0 atom stereocenters. The van der Waals surface area contributed by atoms with Crippen molar-refractivity contribution in [3.05, 3.63) is 71.9 Å². The molecule has 0 saturated heterocycles. The van der Waals surface area contributed by atoms with Gasteiger partial charge in [-0.05, 0) is 29.8 Å². The molecule has 0 amide bonds. The second kappa shape index (κ2) is 6.62. The summed E-state index contributed by atoms with van der Waals surface area (Å²) in [5.74, 6) is 0.289. The van der Waals surface area contributed by atoms with Crippen LogP contribution < -0.4 is 0 Å². The maximum Gasteiger partial charge on any atom is 0.257 e. The highest BCUT2D eigenvalue weighted by molar-refractivity contribution is 5.78. The van der Waals surface area contributed by atoms with Gasteiger partial charge in [0, 0.05) is 5.56 Å². The van der Waals surface area contributed by atoms with Crippen molar-refractivity contribution in [2.24, 2.45) is 5.16 Å². The van der Waals surface area contributed by atoms with Gasteiger partial charge in [0.2, 0.25) is 5.89 Å². The van der Waals surface area contributed by atoms with Crippen molar-refractivity contribution < 1.29 is 13.6 Å². The predicted octanol–water partition coefficient (Wildman–Crippen LogP) is 3.43. The highest BCUT2D eigenvalue weighted by Gasteiger charge is 2.08. The molecular weight excluding hydrogens is 285 g/mol. The molecule has 0 unspecified atom stereocenters. The summed E-state index contributed by atoms with van der Waals surface area (Å²) in [6.07, 6.45) is 1.59. The van der Waals surface area contributed by atoms with Gasteiger partial charge in [-0.3, -0.25) is 0 Å². The van der Waals surface area contributed by atoms with Gasteiger partial charge in [0.25, 0.3) is 5.89 Å². The first-order valence-electron chi connectivity index (χ1n) is 6.60. The first kappa shape index (κ1) is 13.9. The van der Waals surface area contributed by atoms with Crippen molar-refractivity contribution in [1.29, 1.82) is 0 Å². The highest BCUT2D eigenvalue weighted by atomic mass is 19.1. The van der Waals surface area contributed by atoms with E-state index in [4.69, 9.17) is 9.25 Å². The van der Waals surface area contributed by atoms with E-state index >= 15 is 0 Å². The summed E-state index contributed by atoms with van der Waals surface area (Å²) in [6, 6.07) is 15.4. The second-order valence-corrected chi connectivity index (χ2v) is 4.43. The van der Waals surface area contributed by atoms with Crippen molar-refractivity contribution in [3.63, 3.8) is 0 Å². The van der Waals surface area contributed by atoms with Crippen LogP contribution in [0.15, 0.2) is 64.2 Å². The molecule has 5 nitrogen and oxygen atoms in total. The molecule has 0 saturated carbocycles. The van der Waals surface area contributed by atoms with Crippen LogP contribution in [0.25, 0.3) is 11.5 Å². The number of halogens is 1. The molecule has 0 N–H and O–H groups in total. The van der Waals surface area contributed by atoms with Crippen LogP contribution in [0.5, 0.6) is 0 Å². The van der Waals surface area contributed by atoms with Crippen molar-refractivity contribution in [2.45, 2.75) is 6.61 Å². The molecule has 1 heterocycles.